The predicted octanol–water partition coefficient (Wildman–Crippen LogP) is 3.03. The van der Waals surface area contributed by atoms with Crippen molar-refractivity contribution in [2.24, 2.45) is 0 Å². The summed E-state index contributed by atoms with van der Waals surface area (Å²) in [5.41, 5.74) is 0.802. The third-order valence-corrected chi connectivity index (χ3v) is 4.96. The monoisotopic (exact) mass is 404 g/mol. The molecule has 8 nitrogen and oxygen atoms in total. The highest BCUT2D eigenvalue weighted by Gasteiger charge is 2.56. The summed E-state index contributed by atoms with van der Waals surface area (Å²) in [6.07, 6.45) is -0.922. The molecule has 0 saturated carbocycles. The summed E-state index contributed by atoms with van der Waals surface area (Å²) in [5.74, 6) is -0.426. The van der Waals surface area contributed by atoms with Crippen LogP contribution in [0.1, 0.15) is 22.0 Å². The molecular formula is C21H24O8. The number of benzene rings is 2. The second-order valence-corrected chi connectivity index (χ2v) is 6.19. The highest BCUT2D eigenvalue weighted by Crippen LogP contribution is 2.53. The van der Waals surface area contributed by atoms with E-state index in [1.807, 2.05) is 0 Å². The lowest BCUT2D eigenvalue weighted by molar-refractivity contribution is -0.223. The molecule has 1 atom stereocenters. The zero-order valence-corrected chi connectivity index (χ0v) is 17.2. The molecule has 0 radical (unpaired) electrons. The maximum absolute atomic E-state index is 13.6. The lowest BCUT2D eigenvalue weighted by atomic mass is 9.89. The highest BCUT2D eigenvalue weighted by molar-refractivity contribution is 6.08. The average molecular weight is 404 g/mol. The molecule has 29 heavy (non-hydrogen) atoms. The average Bonchev–Trinajstić information content (AvgIpc) is 2.78. The maximum atomic E-state index is 13.6. The second kappa shape index (κ2) is 8.18. The highest BCUT2D eigenvalue weighted by atomic mass is 16.7. The molecule has 0 aliphatic carbocycles. The molecule has 0 fully saturated rings. The van der Waals surface area contributed by atoms with E-state index in [1.165, 1.54) is 35.5 Å². The number of ether oxygens (including phenoxy) is 7. The Bertz CT molecular complexity index is 887. The first-order valence-corrected chi connectivity index (χ1v) is 8.79. The van der Waals surface area contributed by atoms with Crippen LogP contribution in [-0.4, -0.2) is 54.2 Å². The van der Waals surface area contributed by atoms with Crippen LogP contribution in [0.2, 0.25) is 0 Å². The van der Waals surface area contributed by atoms with E-state index < -0.39 is 17.7 Å². The number of methoxy groups -OCH3 is 6. The number of Topliss-reactive ketones (excluding diaryl/α,β-unsaturated/α-hetero) is 1. The van der Waals surface area contributed by atoms with Crippen molar-refractivity contribution in [1.29, 1.82) is 0 Å². The van der Waals surface area contributed by atoms with Gasteiger partial charge < -0.3 is 33.2 Å². The zero-order valence-electron chi connectivity index (χ0n) is 17.2. The number of carbonyl (C=O) groups excluding carboxylic acids is 1. The zero-order chi connectivity index (χ0) is 21.2. The summed E-state index contributed by atoms with van der Waals surface area (Å²) >= 11 is 0. The van der Waals surface area contributed by atoms with Crippen LogP contribution in [0.5, 0.6) is 28.7 Å². The molecule has 0 amide bonds. The Morgan fingerprint density at radius 1 is 0.828 bits per heavy atom. The SMILES string of the molecule is COc1ccc(C2Oc3c(OC)c(OC)cc(OC)c3C(=O)C2(OC)OC)cc1. The van der Waals surface area contributed by atoms with E-state index >= 15 is 0 Å². The van der Waals surface area contributed by atoms with Gasteiger partial charge in [0, 0.05) is 20.3 Å². The Balaban J connectivity index is 2.27. The Morgan fingerprint density at radius 2 is 1.45 bits per heavy atom. The van der Waals surface area contributed by atoms with Gasteiger partial charge in [0.2, 0.25) is 11.5 Å². The maximum Gasteiger partial charge on any atom is 0.276 e. The van der Waals surface area contributed by atoms with Crippen LogP contribution in [0.15, 0.2) is 30.3 Å². The molecule has 0 aromatic heterocycles. The third-order valence-electron chi connectivity index (χ3n) is 4.96. The molecule has 1 heterocycles. The van der Waals surface area contributed by atoms with Gasteiger partial charge in [-0.3, -0.25) is 4.79 Å². The Kier molecular flexibility index (Phi) is 5.86. The number of hydrogen-bond acceptors (Lipinski definition) is 8. The van der Waals surface area contributed by atoms with Crippen molar-refractivity contribution in [2.45, 2.75) is 11.9 Å². The summed E-state index contributed by atoms with van der Waals surface area (Å²) < 4.78 is 38.9. The van der Waals surface area contributed by atoms with Gasteiger partial charge in [-0.15, -0.1) is 0 Å². The Labute approximate surface area is 169 Å². The lowest BCUT2D eigenvalue weighted by Gasteiger charge is -2.41. The van der Waals surface area contributed by atoms with Gasteiger partial charge in [-0.05, 0) is 17.7 Å². The fourth-order valence-electron chi connectivity index (χ4n) is 3.47. The van der Waals surface area contributed by atoms with Crippen molar-refractivity contribution in [3.05, 3.63) is 41.5 Å². The van der Waals surface area contributed by atoms with Crippen molar-refractivity contribution >= 4 is 5.78 Å². The first-order chi connectivity index (χ1) is 14.0. The largest absolute Gasteiger partial charge is 0.497 e. The number of hydrogen-bond donors (Lipinski definition) is 0. The summed E-state index contributed by atoms with van der Waals surface area (Å²) in [5, 5.41) is 0. The van der Waals surface area contributed by atoms with Gasteiger partial charge in [-0.2, -0.15) is 0 Å². The van der Waals surface area contributed by atoms with Crippen molar-refractivity contribution in [3.8, 4) is 28.7 Å². The molecule has 1 unspecified atom stereocenters. The van der Waals surface area contributed by atoms with Gasteiger partial charge in [-0.25, -0.2) is 0 Å². The molecule has 0 N–H and O–H groups in total. The molecule has 156 valence electrons. The minimum absolute atomic E-state index is 0.151. The predicted molar refractivity (Wildman–Crippen MR) is 104 cm³/mol. The molecule has 0 saturated heterocycles. The van der Waals surface area contributed by atoms with E-state index in [-0.39, 0.29) is 22.8 Å². The lowest BCUT2D eigenvalue weighted by Crippen LogP contribution is -2.53. The Morgan fingerprint density at radius 3 is 1.93 bits per heavy atom. The third kappa shape index (κ3) is 3.14. The van der Waals surface area contributed by atoms with Crippen LogP contribution < -0.4 is 23.7 Å². The summed E-state index contributed by atoms with van der Waals surface area (Å²) in [6, 6.07) is 8.63. The van der Waals surface area contributed by atoms with E-state index in [0.717, 1.165) is 0 Å². The molecular weight excluding hydrogens is 380 g/mol. The van der Waals surface area contributed by atoms with Gasteiger partial charge in [0.1, 0.15) is 17.1 Å². The minimum Gasteiger partial charge on any atom is -0.497 e. The molecule has 8 heteroatoms. The molecule has 2 aromatic carbocycles. The standard InChI is InChI=1S/C21H24O8/c1-23-13-9-7-12(8-10-13)20-21(27-5,28-6)19(22)16-14(24-2)11-15(25-3)17(26-4)18(16)29-20/h7-11,20H,1-6H3. The van der Waals surface area contributed by atoms with Crippen molar-refractivity contribution in [3.63, 3.8) is 0 Å². The van der Waals surface area contributed by atoms with Crippen LogP contribution in [0.4, 0.5) is 0 Å². The van der Waals surface area contributed by atoms with Crippen LogP contribution in [0.3, 0.4) is 0 Å². The summed E-state index contributed by atoms with van der Waals surface area (Å²) in [4.78, 5) is 13.6. The van der Waals surface area contributed by atoms with Crippen LogP contribution >= 0.6 is 0 Å². The number of ketones is 1. The van der Waals surface area contributed by atoms with Gasteiger partial charge in [-0.1, -0.05) is 12.1 Å². The number of fused-ring (bicyclic) bond motifs is 1. The normalized spacial score (nSPS) is 17.2. The molecule has 0 bridgehead atoms. The molecule has 1 aliphatic heterocycles. The number of rotatable bonds is 7. The van der Waals surface area contributed by atoms with Gasteiger partial charge in [0.25, 0.3) is 5.79 Å². The topological polar surface area (TPSA) is 81.7 Å². The molecule has 0 spiro atoms. The quantitative estimate of drug-likeness (QED) is 0.652. The van der Waals surface area contributed by atoms with E-state index in [1.54, 1.807) is 37.4 Å². The van der Waals surface area contributed by atoms with Crippen molar-refractivity contribution in [2.75, 3.05) is 42.7 Å². The van der Waals surface area contributed by atoms with E-state index in [9.17, 15) is 4.79 Å². The van der Waals surface area contributed by atoms with Gasteiger partial charge in [0.05, 0.1) is 28.4 Å². The van der Waals surface area contributed by atoms with Gasteiger partial charge >= 0.3 is 0 Å². The fraction of sp³-hybridized carbons (Fsp3) is 0.381. The first kappa shape index (κ1) is 20.8. The van der Waals surface area contributed by atoms with Crippen LogP contribution in [-0.2, 0) is 9.47 Å². The van der Waals surface area contributed by atoms with Crippen LogP contribution in [0, 0.1) is 0 Å². The van der Waals surface area contributed by atoms with E-state index in [2.05, 4.69) is 0 Å². The Hall–Kier alpha value is -2.97. The first-order valence-electron chi connectivity index (χ1n) is 8.79. The minimum atomic E-state index is -1.73. The van der Waals surface area contributed by atoms with Gasteiger partial charge in [0.15, 0.2) is 17.6 Å². The molecule has 3 rings (SSSR count). The molecule has 1 aliphatic rings. The number of carbonyl (C=O) groups is 1. The second-order valence-electron chi connectivity index (χ2n) is 6.19. The van der Waals surface area contributed by atoms with Crippen LogP contribution in [0.25, 0.3) is 0 Å². The van der Waals surface area contributed by atoms with E-state index in [4.69, 9.17) is 33.2 Å². The fourth-order valence-corrected chi connectivity index (χ4v) is 3.47. The van der Waals surface area contributed by atoms with E-state index in [0.29, 0.717) is 17.1 Å². The summed E-state index contributed by atoms with van der Waals surface area (Å²) in [6.45, 7) is 0. The van der Waals surface area contributed by atoms with Crippen molar-refractivity contribution in [1.82, 2.24) is 0 Å². The smallest absolute Gasteiger partial charge is 0.276 e. The molecule has 2 aromatic rings. The summed E-state index contributed by atoms with van der Waals surface area (Å²) in [7, 11) is 8.76. The van der Waals surface area contributed by atoms with Crippen molar-refractivity contribution < 1.29 is 38.0 Å².